The van der Waals surface area contributed by atoms with Gasteiger partial charge in [0, 0.05) is 0 Å². The van der Waals surface area contributed by atoms with Crippen LogP contribution in [0.25, 0.3) is 11.5 Å². The van der Waals surface area contributed by atoms with E-state index in [0.717, 1.165) is 0 Å². The molecule has 2 radical (unpaired) electrons. The minimum absolute atomic E-state index is 0.487. The van der Waals surface area contributed by atoms with Crippen molar-refractivity contribution >= 4 is 18.8 Å². The van der Waals surface area contributed by atoms with Crippen LogP contribution in [0.5, 0.6) is 0 Å². The first-order valence-electron chi connectivity index (χ1n) is 3.89. The van der Waals surface area contributed by atoms with Gasteiger partial charge in [0.15, 0.2) is 0 Å². The zero-order valence-electron chi connectivity index (χ0n) is 7.16. The van der Waals surface area contributed by atoms with E-state index in [1.54, 1.807) is 15.5 Å². The molecule has 14 heavy (non-hydrogen) atoms. The Morgan fingerprint density at radius 2 is 2.14 bits per heavy atom. The quantitative estimate of drug-likeness (QED) is 0.641. The van der Waals surface area contributed by atoms with Crippen LogP contribution in [0, 0.1) is 0 Å². The third-order valence-electron chi connectivity index (χ3n) is 1.63. The van der Waals surface area contributed by atoms with Gasteiger partial charge in [0.25, 0.3) is 0 Å². The Labute approximate surface area is 90.0 Å². The summed E-state index contributed by atoms with van der Waals surface area (Å²) >= 11 is 1.30. The molecule has 2 heterocycles. The van der Waals surface area contributed by atoms with Crippen LogP contribution in [0.1, 0.15) is 0 Å². The number of hydrogen-bond acceptors (Lipinski definition) is 4. The molecule has 0 saturated heterocycles. The minimum atomic E-state index is -0.487. The fourth-order valence-electron chi connectivity index (χ4n) is 1.03. The Morgan fingerprint density at radius 1 is 1.29 bits per heavy atom. The molecule has 0 N–H and O–H groups in total. The summed E-state index contributed by atoms with van der Waals surface area (Å²) in [5.74, 6) is 0.547. The first-order chi connectivity index (χ1) is 6.77. The van der Waals surface area contributed by atoms with Gasteiger partial charge in [0.1, 0.15) is 0 Å². The molecular weight excluding hydrogens is 238 g/mol. The Morgan fingerprint density at radius 3 is 2.86 bits per heavy atom. The van der Waals surface area contributed by atoms with Crippen molar-refractivity contribution in [3.63, 3.8) is 0 Å². The molecule has 0 spiro atoms. The van der Waals surface area contributed by atoms with Crippen molar-refractivity contribution in [1.82, 2.24) is 18.2 Å². The monoisotopic (exact) mass is 242 g/mol. The zero-order valence-corrected chi connectivity index (χ0v) is 9.58. The van der Waals surface area contributed by atoms with Gasteiger partial charge >= 0.3 is 89.8 Å². The Bertz CT molecular complexity index is 496. The van der Waals surface area contributed by atoms with Crippen LogP contribution in [0.4, 0.5) is 0 Å². The standard InChI is InChI=1S/C8H6N4O.Ga/c13-8-11-5-10-7(12-8)6-3-1-2-4-9-6;/h1-5H,(H,10,11,12,13);/q;+1/p-1. The topological polar surface area (TPSA) is 60.7 Å². The van der Waals surface area contributed by atoms with E-state index in [2.05, 4.69) is 15.0 Å². The molecule has 0 aliphatic carbocycles. The second-order valence-electron chi connectivity index (χ2n) is 2.58. The summed E-state index contributed by atoms with van der Waals surface area (Å²) in [5.41, 5.74) is 0.191. The van der Waals surface area contributed by atoms with Crippen LogP contribution >= 0.6 is 0 Å². The van der Waals surface area contributed by atoms with E-state index in [4.69, 9.17) is 0 Å². The van der Waals surface area contributed by atoms with Crippen molar-refractivity contribution in [3.05, 3.63) is 41.2 Å². The SMILES string of the molecule is O=c1nc[n]([Ga])c(-c2ccccn2)n1. The van der Waals surface area contributed by atoms with Crippen LogP contribution in [0.3, 0.4) is 0 Å². The van der Waals surface area contributed by atoms with E-state index in [9.17, 15) is 4.79 Å². The van der Waals surface area contributed by atoms with E-state index < -0.39 is 5.69 Å². The average Bonchev–Trinajstić information content (AvgIpc) is 2.23. The van der Waals surface area contributed by atoms with Gasteiger partial charge in [0.2, 0.25) is 0 Å². The molecular formula is C8H5GaN4O. The maximum atomic E-state index is 11.0. The zero-order chi connectivity index (χ0) is 9.97. The summed E-state index contributed by atoms with van der Waals surface area (Å²) in [4.78, 5) is 22.4. The average molecular weight is 243 g/mol. The molecule has 2 aromatic heterocycles. The first kappa shape index (κ1) is 9.16. The van der Waals surface area contributed by atoms with Gasteiger partial charge in [-0.15, -0.1) is 0 Å². The van der Waals surface area contributed by atoms with Crippen molar-refractivity contribution in [2.45, 2.75) is 0 Å². The summed E-state index contributed by atoms with van der Waals surface area (Å²) in [7, 11) is 0. The van der Waals surface area contributed by atoms with Crippen LogP contribution in [-0.4, -0.2) is 37.1 Å². The number of pyridine rings is 1. The Kier molecular flexibility index (Phi) is 2.46. The molecule has 2 rings (SSSR count). The van der Waals surface area contributed by atoms with Crippen LogP contribution in [-0.2, 0) is 0 Å². The van der Waals surface area contributed by atoms with Gasteiger partial charge in [-0.1, -0.05) is 0 Å². The molecule has 6 heteroatoms. The number of rotatable bonds is 1. The fraction of sp³-hybridized carbons (Fsp3) is 0. The summed E-state index contributed by atoms with van der Waals surface area (Å²) in [6.07, 6.45) is 3.12. The molecule has 0 unspecified atom stereocenters. The first-order valence-corrected chi connectivity index (χ1v) is 4.98. The second kappa shape index (κ2) is 3.77. The number of aromatic nitrogens is 4. The molecule has 66 valence electrons. The number of nitrogens with zero attached hydrogens (tertiary/aromatic N) is 4. The van der Waals surface area contributed by atoms with Gasteiger partial charge in [0.05, 0.1) is 0 Å². The van der Waals surface area contributed by atoms with Crippen molar-refractivity contribution < 1.29 is 0 Å². The molecule has 0 bridgehead atoms. The van der Waals surface area contributed by atoms with Gasteiger partial charge in [-0.05, 0) is 0 Å². The summed E-state index contributed by atoms with van der Waals surface area (Å²) in [6.45, 7) is 0. The van der Waals surface area contributed by atoms with Crippen LogP contribution in [0.15, 0.2) is 35.5 Å². The molecule has 0 fully saturated rings. The van der Waals surface area contributed by atoms with Crippen LogP contribution < -0.4 is 5.69 Å². The Balaban J connectivity index is 2.62. The third-order valence-corrected chi connectivity index (χ3v) is 2.43. The van der Waals surface area contributed by atoms with E-state index in [1.165, 1.54) is 25.2 Å². The normalized spacial score (nSPS) is 10.0. The van der Waals surface area contributed by atoms with E-state index >= 15 is 0 Å². The van der Waals surface area contributed by atoms with E-state index in [0.29, 0.717) is 11.5 Å². The fourth-order valence-corrected chi connectivity index (χ4v) is 1.57. The molecule has 0 amide bonds. The number of hydrogen-bond donors (Lipinski definition) is 0. The summed E-state index contributed by atoms with van der Waals surface area (Å²) in [5, 5.41) is 0. The van der Waals surface area contributed by atoms with Crippen molar-refractivity contribution in [2.75, 3.05) is 0 Å². The van der Waals surface area contributed by atoms with Crippen molar-refractivity contribution in [3.8, 4) is 11.5 Å². The van der Waals surface area contributed by atoms with E-state index in [-0.39, 0.29) is 0 Å². The second-order valence-corrected chi connectivity index (χ2v) is 3.75. The molecule has 0 atom stereocenters. The molecule has 0 aliphatic heterocycles. The summed E-state index contributed by atoms with van der Waals surface area (Å²) < 4.78 is 1.72. The maximum absolute atomic E-state index is 11.0. The molecule has 5 nitrogen and oxygen atoms in total. The van der Waals surface area contributed by atoms with E-state index in [1.807, 2.05) is 12.1 Å². The molecule has 0 aliphatic rings. The Hall–Kier alpha value is -1.40. The molecule has 0 aromatic carbocycles. The predicted octanol–water partition coefficient (Wildman–Crippen LogP) is -0.368. The van der Waals surface area contributed by atoms with Gasteiger partial charge in [-0.3, -0.25) is 0 Å². The van der Waals surface area contributed by atoms with Crippen molar-refractivity contribution in [2.24, 2.45) is 0 Å². The van der Waals surface area contributed by atoms with Crippen molar-refractivity contribution in [1.29, 1.82) is 0 Å². The molecule has 0 saturated carbocycles. The van der Waals surface area contributed by atoms with Gasteiger partial charge in [-0.25, -0.2) is 0 Å². The third kappa shape index (κ3) is 1.75. The summed E-state index contributed by atoms with van der Waals surface area (Å²) in [6, 6.07) is 5.47. The van der Waals surface area contributed by atoms with Gasteiger partial charge in [-0.2, -0.15) is 0 Å². The van der Waals surface area contributed by atoms with Gasteiger partial charge < -0.3 is 0 Å². The molecule has 2 aromatic rings. The van der Waals surface area contributed by atoms with Crippen LogP contribution in [0.2, 0.25) is 0 Å². The predicted molar refractivity (Wildman–Crippen MR) is 50.7 cm³/mol.